The van der Waals surface area contributed by atoms with Crippen molar-refractivity contribution in [2.24, 2.45) is 17.6 Å². The number of hydrogen-bond donors (Lipinski definition) is 2. The summed E-state index contributed by atoms with van der Waals surface area (Å²) in [5.74, 6) is -0.614. The topological polar surface area (TPSA) is 63.3 Å². The molecule has 3 unspecified atom stereocenters. The first-order valence-corrected chi connectivity index (χ1v) is 4.59. The summed E-state index contributed by atoms with van der Waals surface area (Å²) in [5.41, 5.74) is 5.77. The van der Waals surface area contributed by atoms with E-state index in [1.165, 1.54) is 0 Å². The van der Waals surface area contributed by atoms with E-state index in [-0.39, 0.29) is 12.0 Å². The fourth-order valence-corrected chi connectivity index (χ4v) is 1.92. The third-order valence-corrected chi connectivity index (χ3v) is 2.85. The summed E-state index contributed by atoms with van der Waals surface area (Å²) in [6, 6.07) is 0.227. The molecule has 0 heterocycles. The molecule has 0 amide bonds. The number of carboxylic acids is 1. The van der Waals surface area contributed by atoms with Gasteiger partial charge in [0.05, 0.1) is 5.92 Å². The third kappa shape index (κ3) is 2.21. The molecule has 70 valence electrons. The quantitative estimate of drug-likeness (QED) is 0.656. The number of rotatable bonds is 2. The monoisotopic (exact) mass is 171 g/mol. The first-order chi connectivity index (χ1) is 5.61. The Morgan fingerprint density at radius 1 is 1.58 bits per heavy atom. The van der Waals surface area contributed by atoms with Gasteiger partial charge in [-0.05, 0) is 25.2 Å². The van der Waals surface area contributed by atoms with Gasteiger partial charge >= 0.3 is 5.97 Å². The molecule has 1 aliphatic rings. The summed E-state index contributed by atoms with van der Waals surface area (Å²) < 4.78 is 0. The van der Waals surface area contributed by atoms with E-state index in [4.69, 9.17) is 10.8 Å². The van der Waals surface area contributed by atoms with Gasteiger partial charge in [0.1, 0.15) is 0 Å². The van der Waals surface area contributed by atoms with E-state index < -0.39 is 5.97 Å². The molecule has 0 spiro atoms. The standard InChI is InChI=1S/C9H17NO2/c1-6(9(11)12)7-3-2-4-8(10)5-7/h6-8H,2-5,10H2,1H3,(H,11,12). The first kappa shape index (κ1) is 9.52. The van der Waals surface area contributed by atoms with E-state index in [1.54, 1.807) is 6.92 Å². The summed E-state index contributed by atoms with van der Waals surface area (Å²) in [5, 5.41) is 8.78. The Kier molecular flexibility index (Phi) is 3.09. The molecule has 1 rings (SSSR count). The number of nitrogens with two attached hydrogens (primary N) is 1. The molecule has 0 radical (unpaired) electrons. The fourth-order valence-electron chi connectivity index (χ4n) is 1.92. The molecular formula is C9H17NO2. The highest BCUT2D eigenvalue weighted by Gasteiger charge is 2.27. The minimum absolute atomic E-state index is 0.226. The molecule has 0 aromatic heterocycles. The van der Waals surface area contributed by atoms with Gasteiger partial charge in [0.25, 0.3) is 0 Å². The van der Waals surface area contributed by atoms with Crippen LogP contribution in [0.3, 0.4) is 0 Å². The van der Waals surface area contributed by atoms with Crippen molar-refractivity contribution in [1.82, 2.24) is 0 Å². The van der Waals surface area contributed by atoms with Crippen LogP contribution in [-0.2, 0) is 4.79 Å². The maximum Gasteiger partial charge on any atom is 0.306 e. The molecule has 1 fully saturated rings. The largest absolute Gasteiger partial charge is 0.481 e. The average molecular weight is 171 g/mol. The minimum atomic E-state index is -0.686. The third-order valence-electron chi connectivity index (χ3n) is 2.85. The van der Waals surface area contributed by atoms with E-state index >= 15 is 0 Å². The first-order valence-electron chi connectivity index (χ1n) is 4.59. The number of hydrogen-bond acceptors (Lipinski definition) is 2. The van der Waals surface area contributed by atoms with Crippen LogP contribution >= 0.6 is 0 Å². The highest BCUT2D eigenvalue weighted by Crippen LogP contribution is 2.29. The molecule has 3 atom stereocenters. The number of carboxylic acid groups (broad SMARTS) is 1. The van der Waals surface area contributed by atoms with E-state index in [1.807, 2.05) is 0 Å². The summed E-state index contributed by atoms with van der Waals surface area (Å²) in [4.78, 5) is 10.7. The maximum absolute atomic E-state index is 10.7. The van der Waals surface area contributed by atoms with Crippen LogP contribution < -0.4 is 5.73 Å². The molecule has 3 nitrogen and oxygen atoms in total. The van der Waals surface area contributed by atoms with Crippen LogP contribution in [0.2, 0.25) is 0 Å². The smallest absolute Gasteiger partial charge is 0.306 e. The normalized spacial score (nSPS) is 32.8. The second-order valence-corrected chi connectivity index (χ2v) is 3.81. The molecule has 0 saturated heterocycles. The van der Waals surface area contributed by atoms with Gasteiger partial charge in [-0.15, -0.1) is 0 Å². The average Bonchev–Trinajstić information content (AvgIpc) is 2.03. The SMILES string of the molecule is CC(C(=O)O)C1CCCC(N)C1. The molecule has 0 aromatic rings. The zero-order valence-electron chi connectivity index (χ0n) is 7.49. The highest BCUT2D eigenvalue weighted by molar-refractivity contribution is 5.69. The van der Waals surface area contributed by atoms with Crippen molar-refractivity contribution >= 4 is 5.97 Å². The molecule has 0 bridgehead atoms. The van der Waals surface area contributed by atoms with Gasteiger partial charge in [-0.25, -0.2) is 0 Å². The Balaban J connectivity index is 2.45. The molecule has 1 aliphatic carbocycles. The summed E-state index contributed by atoms with van der Waals surface area (Å²) in [6.07, 6.45) is 4.06. The van der Waals surface area contributed by atoms with Gasteiger partial charge < -0.3 is 10.8 Å². The van der Waals surface area contributed by atoms with Crippen LogP contribution in [0.5, 0.6) is 0 Å². The van der Waals surface area contributed by atoms with Crippen molar-refractivity contribution in [1.29, 1.82) is 0 Å². The predicted octanol–water partition coefficient (Wildman–Crippen LogP) is 1.22. The Bertz CT molecular complexity index is 170. The molecular weight excluding hydrogens is 154 g/mol. The lowest BCUT2D eigenvalue weighted by atomic mass is 9.79. The Labute approximate surface area is 72.9 Å². The highest BCUT2D eigenvalue weighted by atomic mass is 16.4. The van der Waals surface area contributed by atoms with Crippen LogP contribution in [0.1, 0.15) is 32.6 Å². The molecule has 0 aromatic carbocycles. The van der Waals surface area contributed by atoms with Gasteiger partial charge in [0.15, 0.2) is 0 Å². The van der Waals surface area contributed by atoms with Crippen LogP contribution in [0.15, 0.2) is 0 Å². The lowest BCUT2D eigenvalue weighted by molar-refractivity contribution is -0.143. The molecule has 12 heavy (non-hydrogen) atoms. The van der Waals surface area contributed by atoms with Crippen molar-refractivity contribution in [3.63, 3.8) is 0 Å². The maximum atomic E-state index is 10.7. The Morgan fingerprint density at radius 3 is 2.75 bits per heavy atom. The zero-order valence-corrected chi connectivity index (χ0v) is 7.49. The van der Waals surface area contributed by atoms with E-state index in [9.17, 15) is 4.79 Å². The fraction of sp³-hybridized carbons (Fsp3) is 0.889. The molecule has 0 aliphatic heterocycles. The van der Waals surface area contributed by atoms with Gasteiger partial charge in [-0.2, -0.15) is 0 Å². The van der Waals surface area contributed by atoms with Crippen molar-refractivity contribution in [2.45, 2.75) is 38.6 Å². The number of carbonyl (C=O) groups is 1. The van der Waals surface area contributed by atoms with Crippen molar-refractivity contribution < 1.29 is 9.90 Å². The van der Waals surface area contributed by atoms with E-state index in [2.05, 4.69) is 0 Å². The molecule has 3 heteroatoms. The minimum Gasteiger partial charge on any atom is -0.481 e. The van der Waals surface area contributed by atoms with E-state index in [0.717, 1.165) is 25.7 Å². The van der Waals surface area contributed by atoms with Gasteiger partial charge in [0, 0.05) is 6.04 Å². The second-order valence-electron chi connectivity index (χ2n) is 3.81. The van der Waals surface area contributed by atoms with Crippen molar-refractivity contribution in [3.8, 4) is 0 Å². The molecule has 1 saturated carbocycles. The second kappa shape index (κ2) is 3.90. The summed E-state index contributed by atoms with van der Waals surface area (Å²) >= 11 is 0. The lowest BCUT2D eigenvalue weighted by Gasteiger charge is -2.28. The van der Waals surface area contributed by atoms with Crippen LogP contribution in [0.4, 0.5) is 0 Å². The van der Waals surface area contributed by atoms with Crippen LogP contribution in [0.25, 0.3) is 0 Å². The summed E-state index contributed by atoms with van der Waals surface area (Å²) in [6.45, 7) is 1.78. The zero-order chi connectivity index (χ0) is 9.14. The van der Waals surface area contributed by atoms with Gasteiger partial charge in [-0.1, -0.05) is 13.3 Å². The Morgan fingerprint density at radius 2 is 2.25 bits per heavy atom. The van der Waals surface area contributed by atoms with Crippen LogP contribution in [-0.4, -0.2) is 17.1 Å². The lowest BCUT2D eigenvalue weighted by Crippen LogP contribution is -2.33. The van der Waals surface area contributed by atoms with Gasteiger partial charge in [0.2, 0.25) is 0 Å². The van der Waals surface area contributed by atoms with E-state index in [0.29, 0.717) is 5.92 Å². The Hall–Kier alpha value is -0.570. The predicted molar refractivity (Wildman–Crippen MR) is 46.7 cm³/mol. The summed E-state index contributed by atoms with van der Waals surface area (Å²) in [7, 11) is 0. The van der Waals surface area contributed by atoms with Crippen molar-refractivity contribution in [3.05, 3.63) is 0 Å². The van der Waals surface area contributed by atoms with Gasteiger partial charge in [-0.3, -0.25) is 4.79 Å². The molecule has 3 N–H and O–H groups in total. The number of aliphatic carboxylic acids is 1. The van der Waals surface area contributed by atoms with Crippen molar-refractivity contribution in [2.75, 3.05) is 0 Å². The van der Waals surface area contributed by atoms with Crippen LogP contribution in [0, 0.1) is 11.8 Å².